The smallest absolute Gasteiger partial charge is 0 e. The van der Waals surface area contributed by atoms with Gasteiger partial charge in [-0.05, 0) is 0 Å². The molecule has 0 aromatic rings. The van der Waals surface area contributed by atoms with Gasteiger partial charge in [0, 0.05) is 22.4 Å². The van der Waals surface area contributed by atoms with E-state index in [-0.39, 0.29) is 22.4 Å². The van der Waals surface area contributed by atoms with Gasteiger partial charge in [-0.25, -0.2) is 0 Å². The van der Waals surface area contributed by atoms with Gasteiger partial charge in [0.2, 0.25) is 0 Å². The first-order valence-corrected chi connectivity index (χ1v) is 0.493. The quantitative estimate of drug-likeness (QED) is 0.417. The van der Waals surface area contributed by atoms with Crippen molar-refractivity contribution in [3.05, 3.63) is 0 Å². The van der Waals surface area contributed by atoms with E-state index in [1.807, 2.05) is 0 Å². The van der Waals surface area contributed by atoms with Gasteiger partial charge in [0.05, 0.1) is 0 Å². The molecule has 0 aromatic heterocycles. The summed E-state index contributed by atoms with van der Waals surface area (Å²) < 4.78 is 0. The summed E-state index contributed by atoms with van der Waals surface area (Å²) in [6.45, 7) is 0. The molecule has 23 valence electrons. The molecule has 4 heavy (non-hydrogen) atoms. The van der Waals surface area contributed by atoms with E-state index in [1.165, 1.54) is 0 Å². The van der Waals surface area contributed by atoms with E-state index >= 15 is 0 Å². The first kappa shape index (κ1) is 8.88. The fourth-order valence-electron chi connectivity index (χ4n) is 0. The van der Waals surface area contributed by atoms with Crippen LogP contribution in [0.4, 0.5) is 0 Å². The monoisotopic (exact) mass is 225 g/mol. The fraction of sp³-hybridized carbons (Fsp3) is 0. The second-order valence-corrected chi connectivity index (χ2v) is 0.118. The molecule has 0 rings (SSSR count). The summed E-state index contributed by atoms with van der Waals surface area (Å²) in [5.41, 5.74) is 4.04. The molecule has 1 radical (unpaired) electrons. The molecule has 0 saturated carbocycles. The Hall–Kier alpha value is 0.210. The Morgan fingerprint density at radius 1 is 1.75 bits per heavy atom. The summed E-state index contributed by atoms with van der Waals surface area (Å²) in [5.74, 6) is 0. The SMILES string of the molecule is N[C-]=O.[Ta]. The molecule has 0 unspecified atom stereocenters. The number of nitrogens with two attached hydrogens (primary N) is 1. The molecule has 3 heteroatoms. The molecule has 0 fully saturated rings. The minimum absolute atomic E-state index is 0. The maximum absolute atomic E-state index is 8.46. The molecule has 2 nitrogen and oxygen atoms in total. The molecule has 0 aliphatic carbocycles. The first-order chi connectivity index (χ1) is 1.41. The number of amides is 1. The summed E-state index contributed by atoms with van der Waals surface area (Å²) in [6, 6.07) is 0. The van der Waals surface area contributed by atoms with E-state index in [9.17, 15) is 0 Å². The van der Waals surface area contributed by atoms with Crippen molar-refractivity contribution in [1.82, 2.24) is 0 Å². The van der Waals surface area contributed by atoms with Gasteiger partial charge in [-0.3, -0.25) is 0 Å². The van der Waals surface area contributed by atoms with Crippen LogP contribution in [0.1, 0.15) is 0 Å². The van der Waals surface area contributed by atoms with Gasteiger partial charge in [-0.1, -0.05) is 0 Å². The van der Waals surface area contributed by atoms with Crippen LogP contribution in [0.25, 0.3) is 0 Å². The van der Waals surface area contributed by atoms with Crippen LogP contribution in [0.2, 0.25) is 0 Å². The summed E-state index contributed by atoms with van der Waals surface area (Å²) >= 11 is 0. The molecule has 0 saturated heterocycles. The standard InChI is InChI=1S/CH2NO.Ta/c2-1-3;/h(H2,2,3);/q-1;. The molecule has 0 aliphatic rings. The molecule has 0 spiro atoms. The average Bonchev–Trinajstić information content (AvgIpc) is 0.918. The maximum Gasteiger partial charge on any atom is 0 e. The summed E-state index contributed by atoms with van der Waals surface area (Å²) in [6.07, 6.45) is 1.00. The van der Waals surface area contributed by atoms with Crippen LogP contribution < -0.4 is 5.73 Å². The third-order valence-corrected chi connectivity index (χ3v) is 0. The van der Waals surface area contributed by atoms with Gasteiger partial charge < -0.3 is 10.5 Å². The van der Waals surface area contributed by atoms with E-state index in [2.05, 4.69) is 5.73 Å². The predicted octanol–water partition coefficient (Wildman–Crippen LogP) is -0.990. The molecule has 0 aromatic carbocycles. The number of carbonyl (C=O) groups excluding carboxylic acids is 1. The van der Waals surface area contributed by atoms with Crippen LogP contribution in [-0.2, 0) is 27.2 Å². The summed E-state index contributed by atoms with van der Waals surface area (Å²) in [5, 5.41) is 0. The molecule has 1 amide bonds. The number of hydrogen-bond acceptors (Lipinski definition) is 1. The normalized spacial score (nSPS) is 3.00. The van der Waals surface area contributed by atoms with Crippen LogP contribution in [0.15, 0.2) is 0 Å². The van der Waals surface area contributed by atoms with Crippen molar-refractivity contribution in [3.63, 3.8) is 0 Å². The van der Waals surface area contributed by atoms with E-state index in [1.54, 1.807) is 0 Å². The van der Waals surface area contributed by atoms with Crippen LogP contribution in [0, 0.1) is 0 Å². The molecule has 0 atom stereocenters. The zero-order valence-electron chi connectivity index (χ0n) is 1.93. The zero-order chi connectivity index (χ0) is 2.71. The molecule has 0 aliphatic heterocycles. The van der Waals surface area contributed by atoms with E-state index in [0.29, 0.717) is 0 Å². The van der Waals surface area contributed by atoms with Crippen molar-refractivity contribution in [2.45, 2.75) is 0 Å². The fourth-order valence-corrected chi connectivity index (χ4v) is 0. The molecule has 2 N–H and O–H groups in total. The number of hydrogen-bond donors (Lipinski definition) is 1. The van der Waals surface area contributed by atoms with E-state index in [0.717, 1.165) is 6.41 Å². The van der Waals surface area contributed by atoms with Crippen molar-refractivity contribution in [2.24, 2.45) is 5.73 Å². The Morgan fingerprint density at radius 3 is 1.75 bits per heavy atom. The predicted molar refractivity (Wildman–Crippen MR) is 9.88 cm³/mol. The Kier molecular flexibility index (Phi) is 23.8. The van der Waals surface area contributed by atoms with Crippen molar-refractivity contribution >= 4 is 6.41 Å². The Labute approximate surface area is 39.9 Å². The van der Waals surface area contributed by atoms with E-state index in [4.69, 9.17) is 4.79 Å². The molecular weight excluding hydrogens is 223 g/mol. The van der Waals surface area contributed by atoms with Gasteiger partial charge in [0.25, 0.3) is 0 Å². The number of primary amides is 1. The van der Waals surface area contributed by atoms with Crippen molar-refractivity contribution < 1.29 is 27.2 Å². The first-order valence-electron chi connectivity index (χ1n) is 0.493. The van der Waals surface area contributed by atoms with Crippen molar-refractivity contribution in [1.29, 1.82) is 0 Å². The second kappa shape index (κ2) is 10.7. The topological polar surface area (TPSA) is 43.1 Å². The van der Waals surface area contributed by atoms with Gasteiger partial charge in [-0.15, -0.1) is 0 Å². The molecular formula is CH2NOTa-. The Balaban J connectivity index is 0. The third-order valence-electron chi connectivity index (χ3n) is 0. The van der Waals surface area contributed by atoms with Crippen molar-refractivity contribution in [3.8, 4) is 0 Å². The van der Waals surface area contributed by atoms with Gasteiger partial charge in [-0.2, -0.15) is 6.41 Å². The second-order valence-electron chi connectivity index (χ2n) is 0.118. The Bertz CT molecular complexity index is 15.5. The van der Waals surface area contributed by atoms with Gasteiger partial charge >= 0.3 is 0 Å². The summed E-state index contributed by atoms with van der Waals surface area (Å²) in [4.78, 5) is 8.46. The zero-order valence-corrected chi connectivity index (χ0v) is 5.15. The van der Waals surface area contributed by atoms with Gasteiger partial charge in [0.15, 0.2) is 0 Å². The average molecular weight is 225 g/mol. The van der Waals surface area contributed by atoms with Crippen LogP contribution >= 0.6 is 0 Å². The Morgan fingerprint density at radius 2 is 1.75 bits per heavy atom. The minimum atomic E-state index is 0. The third kappa shape index (κ3) is 73.2. The van der Waals surface area contributed by atoms with Crippen LogP contribution in [0.3, 0.4) is 0 Å². The molecule has 0 bridgehead atoms. The largest absolute Gasteiger partial charge is 0.543 e. The van der Waals surface area contributed by atoms with Crippen LogP contribution in [-0.4, -0.2) is 6.41 Å². The van der Waals surface area contributed by atoms with E-state index < -0.39 is 0 Å². The summed E-state index contributed by atoms with van der Waals surface area (Å²) in [7, 11) is 0. The number of rotatable bonds is 0. The molecule has 0 heterocycles. The van der Waals surface area contributed by atoms with Gasteiger partial charge in [0.1, 0.15) is 0 Å². The minimum Gasteiger partial charge on any atom is -0.543 e. The van der Waals surface area contributed by atoms with Crippen LogP contribution in [0.5, 0.6) is 0 Å². The maximum atomic E-state index is 8.46. The van der Waals surface area contributed by atoms with Crippen molar-refractivity contribution in [2.75, 3.05) is 0 Å².